The summed E-state index contributed by atoms with van der Waals surface area (Å²) in [5.74, 6) is 2.26. The zero-order valence-corrected chi connectivity index (χ0v) is 17.2. The fourth-order valence-corrected chi connectivity index (χ4v) is 3.46. The molecule has 2 heterocycles. The van der Waals surface area contributed by atoms with E-state index in [1.807, 2.05) is 18.3 Å². The van der Waals surface area contributed by atoms with Crippen molar-refractivity contribution < 1.29 is 4.74 Å². The summed E-state index contributed by atoms with van der Waals surface area (Å²) < 4.78 is 5.68. The molecule has 0 aromatic carbocycles. The van der Waals surface area contributed by atoms with E-state index in [1.54, 1.807) is 11.3 Å². The molecule has 7 heteroatoms. The van der Waals surface area contributed by atoms with Crippen LogP contribution in [-0.2, 0) is 13.0 Å². The van der Waals surface area contributed by atoms with Gasteiger partial charge in [0, 0.05) is 36.7 Å². The quantitative estimate of drug-likeness (QED) is 0.510. The minimum Gasteiger partial charge on any atom is -0.477 e. The van der Waals surface area contributed by atoms with Gasteiger partial charge in [-0.1, -0.05) is 6.07 Å². The van der Waals surface area contributed by atoms with E-state index >= 15 is 0 Å². The van der Waals surface area contributed by atoms with Gasteiger partial charge < -0.3 is 15.4 Å². The third-order valence-corrected chi connectivity index (χ3v) is 5.56. The van der Waals surface area contributed by atoms with Crippen LogP contribution >= 0.6 is 11.3 Å². The van der Waals surface area contributed by atoms with E-state index in [1.165, 1.54) is 22.7 Å². The van der Waals surface area contributed by atoms with Crippen molar-refractivity contribution in [1.29, 1.82) is 0 Å². The zero-order valence-electron chi connectivity index (χ0n) is 16.4. The van der Waals surface area contributed by atoms with Gasteiger partial charge in [-0.25, -0.2) is 15.0 Å². The van der Waals surface area contributed by atoms with Crippen LogP contribution in [0, 0.1) is 19.8 Å². The van der Waals surface area contributed by atoms with Gasteiger partial charge in [0.05, 0.1) is 23.9 Å². The minimum atomic E-state index is 0.584. The molecule has 1 saturated carbocycles. The zero-order chi connectivity index (χ0) is 19.1. The first-order chi connectivity index (χ1) is 13.1. The summed E-state index contributed by atoms with van der Waals surface area (Å²) in [6.45, 7) is 9.25. The number of guanidine groups is 1. The first-order valence-corrected chi connectivity index (χ1v) is 10.5. The van der Waals surface area contributed by atoms with Gasteiger partial charge in [0.25, 0.3) is 0 Å². The van der Waals surface area contributed by atoms with Crippen molar-refractivity contribution in [2.45, 2.75) is 46.6 Å². The Bertz CT molecular complexity index is 733. The highest BCUT2D eigenvalue weighted by Crippen LogP contribution is 2.29. The third-order valence-electron chi connectivity index (χ3n) is 4.43. The molecule has 0 bridgehead atoms. The van der Waals surface area contributed by atoms with Gasteiger partial charge in [-0.3, -0.25) is 0 Å². The first-order valence-electron chi connectivity index (χ1n) is 9.67. The summed E-state index contributed by atoms with van der Waals surface area (Å²) in [5.41, 5.74) is 2.20. The number of rotatable bonds is 9. The van der Waals surface area contributed by atoms with Crippen LogP contribution in [0.1, 0.15) is 40.9 Å². The van der Waals surface area contributed by atoms with Gasteiger partial charge in [-0.05, 0) is 45.1 Å². The number of hydrogen-bond donors (Lipinski definition) is 2. The van der Waals surface area contributed by atoms with Gasteiger partial charge in [0.2, 0.25) is 5.88 Å². The minimum absolute atomic E-state index is 0.584. The van der Waals surface area contributed by atoms with Crippen LogP contribution in [0.25, 0.3) is 0 Å². The number of thiazole rings is 1. The summed E-state index contributed by atoms with van der Waals surface area (Å²) in [6, 6.07) is 3.96. The maximum atomic E-state index is 5.68. The summed E-state index contributed by atoms with van der Waals surface area (Å²) in [6.07, 6.45) is 5.32. The standard InChI is InChI=1S/C20H29N5OS/c1-4-21-20(22-10-9-19-25-14(2)15(3)27-19)24-12-17-7-8-18(23-11-17)26-13-16-5-6-16/h7-8,11,16H,4-6,9-10,12-13H2,1-3H3,(H2,21,22,24). The molecule has 2 aromatic heterocycles. The molecule has 0 unspecified atom stereocenters. The fraction of sp³-hybridized carbons (Fsp3) is 0.550. The molecule has 0 spiro atoms. The Morgan fingerprint density at radius 2 is 2.15 bits per heavy atom. The average molecular weight is 388 g/mol. The Morgan fingerprint density at radius 3 is 2.78 bits per heavy atom. The van der Waals surface area contributed by atoms with Crippen molar-refractivity contribution in [2.75, 3.05) is 19.7 Å². The second-order valence-corrected chi connectivity index (χ2v) is 8.17. The summed E-state index contributed by atoms with van der Waals surface area (Å²) in [7, 11) is 0. The molecule has 6 nitrogen and oxygen atoms in total. The number of nitrogens with zero attached hydrogens (tertiary/aromatic N) is 3. The van der Waals surface area contributed by atoms with Crippen LogP contribution in [0.5, 0.6) is 5.88 Å². The molecular weight excluding hydrogens is 358 g/mol. The highest BCUT2D eigenvalue weighted by molar-refractivity contribution is 7.11. The van der Waals surface area contributed by atoms with Gasteiger partial charge in [-0.15, -0.1) is 11.3 Å². The van der Waals surface area contributed by atoms with Crippen LogP contribution in [0.4, 0.5) is 0 Å². The highest BCUT2D eigenvalue weighted by atomic mass is 32.1. The Balaban J connectivity index is 1.46. The second-order valence-electron chi connectivity index (χ2n) is 6.88. The van der Waals surface area contributed by atoms with E-state index in [9.17, 15) is 0 Å². The lowest BCUT2D eigenvalue weighted by Gasteiger charge is -2.10. The van der Waals surface area contributed by atoms with E-state index in [0.29, 0.717) is 12.4 Å². The van der Waals surface area contributed by atoms with Crippen molar-refractivity contribution in [3.8, 4) is 5.88 Å². The summed E-state index contributed by atoms with van der Waals surface area (Å²) >= 11 is 1.77. The molecule has 1 aliphatic rings. The SMILES string of the molecule is CCNC(=NCc1ccc(OCC2CC2)nc1)NCCc1nc(C)c(C)s1. The number of hydrogen-bond acceptors (Lipinski definition) is 5. The molecule has 146 valence electrons. The third kappa shape index (κ3) is 6.50. The maximum absolute atomic E-state index is 5.68. The molecule has 0 amide bonds. The first kappa shape index (κ1) is 19.6. The van der Waals surface area contributed by atoms with Gasteiger partial charge in [-0.2, -0.15) is 0 Å². The predicted molar refractivity (Wildman–Crippen MR) is 111 cm³/mol. The van der Waals surface area contributed by atoms with E-state index in [2.05, 4.69) is 46.4 Å². The van der Waals surface area contributed by atoms with Crippen molar-refractivity contribution in [2.24, 2.45) is 10.9 Å². The molecule has 0 atom stereocenters. The predicted octanol–water partition coefficient (Wildman–Crippen LogP) is 3.24. The molecular formula is C20H29N5OS. The van der Waals surface area contributed by atoms with Crippen LogP contribution in [0.15, 0.2) is 23.3 Å². The van der Waals surface area contributed by atoms with E-state index in [4.69, 9.17) is 4.74 Å². The summed E-state index contributed by atoms with van der Waals surface area (Å²) in [4.78, 5) is 14.9. The number of nitrogens with one attached hydrogen (secondary N) is 2. The van der Waals surface area contributed by atoms with Crippen LogP contribution in [0.3, 0.4) is 0 Å². The number of pyridine rings is 1. The van der Waals surface area contributed by atoms with Crippen molar-refractivity contribution in [3.05, 3.63) is 39.5 Å². The van der Waals surface area contributed by atoms with E-state index < -0.39 is 0 Å². The van der Waals surface area contributed by atoms with Gasteiger partial charge >= 0.3 is 0 Å². The summed E-state index contributed by atoms with van der Waals surface area (Å²) in [5, 5.41) is 7.83. The molecule has 3 rings (SSSR count). The van der Waals surface area contributed by atoms with E-state index in [0.717, 1.165) is 49.3 Å². The molecule has 1 fully saturated rings. The number of aliphatic imine (C=N–C) groups is 1. The largest absolute Gasteiger partial charge is 0.477 e. The molecule has 2 aromatic rings. The lowest BCUT2D eigenvalue weighted by atomic mass is 10.3. The molecule has 1 aliphatic carbocycles. The Kier molecular flexibility index (Phi) is 7.04. The lowest BCUT2D eigenvalue weighted by molar-refractivity contribution is 0.288. The Hall–Kier alpha value is -2.15. The van der Waals surface area contributed by atoms with Crippen molar-refractivity contribution >= 4 is 17.3 Å². The molecule has 2 N–H and O–H groups in total. The second kappa shape index (κ2) is 9.69. The normalized spacial score (nSPS) is 14.3. The molecule has 27 heavy (non-hydrogen) atoms. The van der Waals surface area contributed by atoms with Crippen molar-refractivity contribution in [1.82, 2.24) is 20.6 Å². The smallest absolute Gasteiger partial charge is 0.213 e. The monoisotopic (exact) mass is 387 g/mol. The van der Waals surface area contributed by atoms with Crippen LogP contribution in [0.2, 0.25) is 0 Å². The molecule has 0 saturated heterocycles. The fourth-order valence-electron chi connectivity index (χ4n) is 2.52. The highest BCUT2D eigenvalue weighted by Gasteiger charge is 2.22. The van der Waals surface area contributed by atoms with Crippen molar-refractivity contribution in [3.63, 3.8) is 0 Å². The number of aromatic nitrogens is 2. The average Bonchev–Trinajstić information content (AvgIpc) is 3.44. The molecule has 0 aliphatic heterocycles. The van der Waals surface area contributed by atoms with Gasteiger partial charge in [0.15, 0.2) is 5.96 Å². The number of ether oxygens (including phenoxy) is 1. The van der Waals surface area contributed by atoms with Crippen LogP contribution in [-0.4, -0.2) is 35.6 Å². The molecule has 0 radical (unpaired) electrons. The van der Waals surface area contributed by atoms with Crippen LogP contribution < -0.4 is 15.4 Å². The Morgan fingerprint density at radius 1 is 1.30 bits per heavy atom. The topological polar surface area (TPSA) is 71.4 Å². The lowest BCUT2D eigenvalue weighted by Crippen LogP contribution is -2.38. The van der Waals surface area contributed by atoms with Gasteiger partial charge in [0.1, 0.15) is 0 Å². The number of aryl methyl sites for hydroxylation is 2. The van der Waals surface area contributed by atoms with E-state index in [-0.39, 0.29) is 0 Å². The Labute approximate surface area is 165 Å². The maximum Gasteiger partial charge on any atom is 0.213 e.